The van der Waals surface area contributed by atoms with Crippen molar-refractivity contribution in [2.75, 3.05) is 39.3 Å². The molecule has 2 aliphatic rings. The Kier molecular flexibility index (Phi) is 7.63. The lowest BCUT2D eigenvalue weighted by Gasteiger charge is -2.42. The first kappa shape index (κ1) is 27.1. The Balaban J connectivity index is 1.09. The number of aromatic amines is 1. The van der Waals surface area contributed by atoms with Gasteiger partial charge in [0.25, 0.3) is 5.91 Å². The molecule has 0 unspecified atom stereocenters. The fourth-order valence-electron chi connectivity index (χ4n) is 5.05. The molecule has 2 saturated heterocycles. The quantitative estimate of drug-likeness (QED) is 0.471. The number of H-pyrrole nitrogens is 1. The van der Waals surface area contributed by atoms with E-state index in [1.807, 2.05) is 4.90 Å². The first-order valence-corrected chi connectivity index (χ1v) is 12.8. The number of nitrogens with zero attached hydrogens (tertiary/aromatic N) is 5. The number of carbonyl (C=O) groups excluding carboxylic acids is 2. The number of piperidine rings is 1. The third-order valence-electron chi connectivity index (χ3n) is 7.17. The van der Waals surface area contributed by atoms with Crippen LogP contribution in [0.4, 0.5) is 22.4 Å². The van der Waals surface area contributed by atoms with Crippen molar-refractivity contribution in [3.8, 4) is 0 Å². The molecule has 0 aliphatic carbocycles. The van der Waals surface area contributed by atoms with Crippen molar-refractivity contribution in [2.24, 2.45) is 0 Å². The van der Waals surface area contributed by atoms with Crippen molar-refractivity contribution in [1.29, 1.82) is 0 Å². The van der Waals surface area contributed by atoms with E-state index in [1.165, 1.54) is 4.90 Å². The van der Waals surface area contributed by atoms with Crippen LogP contribution in [0.25, 0.3) is 11.0 Å². The molecule has 1 N–H and O–H groups in total. The molecular weight excluding hydrogens is 544 g/mol. The summed E-state index contributed by atoms with van der Waals surface area (Å²) in [7, 11) is 0. The number of aromatic nitrogens is 3. The van der Waals surface area contributed by atoms with E-state index in [4.69, 9.17) is 16.3 Å². The molecule has 0 bridgehead atoms. The molecule has 0 radical (unpaired) electrons. The number of ether oxygens (including phenoxy) is 1. The molecule has 5 rings (SSSR count). The Bertz CT molecular complexity index is 1370. The molecule has 39 heavy (non-hydrogen) atoms. The number of benzene rings is 2. The van der Waals surface area contributed by atoms with Gasteiger partial charge in [-0.05, 0) is 43.2 Å². The number of piperazine rings is 1. The number of carbonyl (C=O) groups is 2. The molecule has 14 heteroatoms. The van der Waals surface area contributed by atoms with Crippen LogP contribution in [-0.2, 0) is 17.5 Å². The smallest absolute Gasteiger partial charge is 0.419 e. The minimum atomic E-state index is -4.92. The maximum atomic E-state index is 14.3. The summed E-state index contributed by atoms with van der Waals surface area (Å²) in [5.41, 5.74) is -0.0480. The Morgan fingerprint density at radius 3 is 2.36 bits per heavy atom. The first-order chi connectivity index (χ1) is 18.6. The molecule has 3 heterocycles. The Morgan fingerprint density at radius 1 is 0.974 bits per heavy atom. The van der Waals surface area contributed by atoms with Gasteiger partial charge in [0.1, 0.15) is 23.5 Å². The van der Waals surface area contributed by atoms with E-state index < -0.39 is 35.8 Å². The molecule has 2 fully saturated rings. The first-order valence-electron chi connectivity index (χ1n) is 12.4. The van der Waals surface area contributed by atoms with Gasteiger partial charge in [-0.1, -0.05) is 11.6 Å². The lowest BCUT2D eigenvalue weighted by Crippen LogP contribution is -2.54. The SMILES string of the molecule is O=C(OCc1cc(Cl)cc(C(F)(F)F)c1F)N1CCN(C2CCN(C(=O)c3ccc4n[nH]nc4c3)CC2)CC1. The zero-order valence-electron chi connectivity index (χ0n) is 20.7. The van der Waals surface area contributed by atoms with Gasteiger partial charge in [0.15, 0.2) is 0 Å². The van der Waals surface area contributed by atoms with Crippen molar-refractivity contribution in [1.82, 2.24) is 30.1 Å². The van der Waals surface area contributed by atoms with Crippen LogP contribution in [0.5, 0.6) is 0 Å². The second-order valence-corrected chi connectivity index (χ2v) is 9.99. The second-order valence-electron chi connectivity index (χ2n) is 9.55. The van der Waals surface area contributed by atoms with Crippen molar-refractivity contribution in [3.05, 3.63) is 57.9 Å². The van der Waals surface area contributed by atoms with Gasteiger partial charge in [0, 0.05) is 61.5 Å². The summed E-state index contributed by atoms with van der Waals surface area (Å²) in [5.74, 6) is -1.56. The van der Waals surface area contributed by atoms with E-state index in [1.54, 1.807) is 18.2 Å². The van der Waals surface area contributed by atoms with Gasteiger partial charge in [0.2, 0.25) is 0 Å². The Morgan fingerprint density at radius 2 is 1.67 bits per heavy atom. The van der Waals surface area contributed by atoms with Crippen LogP contribution in [-0.4, -0.2) is 87.4 Å². The van der Waals surface area contributed by atoms with Gasteiger partial charge in [-0.3, -0.25) is 9.69 Å². The number of hydrogen-bond donors (Lipinski definition) is 1. The highest BCUT2D eigenvalue weighted by atomic mass is 35.5. The number of hydrogen-bond acceptors (Lipinski definition) is 6. The largest absolute Gasteiger partial charge is 0.444 e. The third kappa shape index (κ3) is 5.93. The summed E-state index contributed by atoms with van der Waals surface area (Å²) in [5, 5.41) is 10.3. The molecule has 0 atom stereocenters. The molecular formula is C25H25ClF4N6O3. The number of likely N-dealkylation sites (tertiary alicyclic amines) is 1. The molecule has 208 valence electrons. The van der Waals surface area contributed by atoms with Crippen molar-refractivity contribution >= 4 is 34.6 Å². The molecule has 3 aromatic rings. The molecule has 1 aromatic heterocycles. The van der Waals surface area contributed by atoms with Crippen molar-refractivity contribution < 1.29 is 31.9 Å². The Labute approximate surface area is 225 Å². The maximum absolute atomic E-state index is 14.3. The van der Waals surface area contributed by atoms with Gasteiger partial charge in [0.05, 0.1) is 5.56 Å². The zero-order valence-corrected chi connectivity index (χ0v) is 21.4. The molecule has 9 nitrogen and oxygen atoms in total. The monoisotopic (exact) mass is 568 g/mol. The highest BCUT2D eigenvalue weighted by Crippen LogP contribution is 2.35. The van der Waals surface area contributed by atoms with Crippen LogP contribution in [0, 0.1) is 5.82 Å². The third-order valence-corrected chi connectivity index (χ3v) is 7.39. The lowest BCUT2D eigenvalue weighted by molar-refractivity contribution is -0.140. The summed E-state index contributed by atoms with van der Waals surface area (Å²) in [6.45, 7) is 2.44. The number of alkyl halides is 3. The van der Waals surface area contributed by atoms with Crippen LogP contribution in [0.3, 0.4) is 0 Å². The molecule has 2 amide bonds. The highest BCUT2D eigenvalue weighted by Gasteiger charge is 2.36. The number of amides is 2. The van der Waals surface area contributed by atoms with Crippen LogP contribution >= 0.6 is 11.6 Å². The van der Waals surface area contributed by atoms with E-state index in [0.29, 0.717) is 61.9 Å². The van der Waals surface area contributed by atoms with Crippen LogP contribution < -0.4 is 0 Å². The normalized spacial score (nSPS) is 17.6. The van der Waals surface area contributed by atoms with Crippen molar-refractivity contribution in [2.45, 2.75) is 31.7 Å². The highest BCUT2D eigenvalue weighted by molar-refractivity contribution is 6.30. The average molecular weight is 569 g/mol. The van der Waals surface area contributed by atoms with Crippen molar-refractivity contribution in [3.63, 3.8) is 0 Å². The summed E-state index contributed by atoms with van der Waals surface area (Å²) < 4.78 is 58.5. The lowest BCUT2D eigenvalue weighted by atomic mass is 10.0. The predicted molar refractivity (Wildman–Crippen MR) is 133 cm³/mol. The van der Waals surface area contributed by atoms with E-state index in [0.717, 1.165) is 18.9 Å². The fourth-order valence-corrected chi connectivity index (χ4v) is 5.29. The fraction of sp³-hybridized carbons (Fsp3) is 0.440. The minimum Gasteiger partial charge on any atom is -0.444 e. The Hall–Kier alpha value is -3.45. The van der Waals surface area contributed by atoms with Crippen LogP contribution in [0.2, 0.25) is 5.02 Å². The maximum Gasteiger partial charge on any atom is 0.419 e. The number of nitrogens with one attached hydrogen (secondary N) is 1. The minimum absolute atomic E-state index is 0.0515. The van der Waals surface area contributed by atoms with E-state index in [-0.39, 0.29) is 17.0 Å². The van der Waals surface area contributed by atoms with E-state index in [2.05, 4.69) is 20.3 Å². The van der Waals surface area contributed by atoms with Gasteiger partial charge in [-0.15, -0.1) is 0 Å². The van der Waals surface area contributed by atoms with Crippen LogP contribution in [0.1, 0.15) is 34.3 Å². The molecule has 2 aromatic carbocycles. The summed E-state index contributed by atoms with van der Waals surface area (Å²) >= 11 is 5.71. The number of rotatable bonds is 4. The summed E-state index contributed by atoms with van der Waals surface area (Å²) in [6.07, 6.45) is -4.07. The zero-order chi connectivity index (χ0) is 27.7. The van der Waals surface area contributed by atoms with E-state index in [9.17, 15) is 27.2 Å². The summed E-state index contributed by atoms with van der Waals surface area (Å²) in [6, 6.07) is 7.00. The summed E-state index contributed by atoms with van der Waals surface area (Å²) in [4.78, 5) is 31.0. The molecule has 0 spiro atoms. The van der Waals surface area contributed by atoms with Gasteiger partial charge >= 0.3 is 12.3 Å². The second kappa shape index (κ2) is 11.0. The van der Waals surface area contributed by atoms with Crippen LogP contribution in [0.15, 0.2) is 30.3 Å². The van der Waals surface area contributed by atoms with E-state index >= 15 is 0 Å². The topological polar surface area (TPSA) is 94.7 Å². The van der Waals surface area contributed by atoms with Gasteiger partial charge in [-0.25, -0.2) is 9.18 Å². The number of fused-ring (bicyclic) bond motifs is 1. The van der Waals surface area contributed by atoms with Gasteiger partial charge in [-0.2, -0.15) is 28.6 Å². The predicted octanol–water partition coefficient (Wildman–Crippen LogP) is 4.33. The average Bonchev–Trinajstić information content (AvgIpc) is 3.40. The van der Waals surface area contributed by atoms with Gasteiger partial charge < -0.3 is 14.5 Å². The molecule has 0 saturated carbocycles. The standard InChI is InChI=1S/C25H25ClF4N6O3/c26-17-11-16(22(27)19(13-17)25(28,29)30)14-39-24(38)36-9-7-34(8-10-36)18-3-5-35(6-4-18)23(37)15-1-2-20-21(12-15)32-33-31-20/h1-2,11-13,18H,3-10,14H2,(H,31,32,33). The number of halogens is 5. The molecule has 2 aliphatic heterocycles.